The molecule has 0 bridgehead atoms. The number of para-hydroxylation sites is 1. The Hall–Kier alpha value is -3.78. The molecule has 1 N–H and O–H groups in total. The van der Waals surface area contributed by atoms with Gasteiger partial charge in [-0.15, -0.1) is 0 Å². The van der Waals surface area contributed by atoms with Crippen LogP contribution in [-0.4, -0.2) is 61.1 Å². The normalized spacial score (nSPS) is 24.4. The number of methoxy groups -OCH3 is 2. The fraction of sp³-hybridized carbons (Fsp3) is 0.419. The smallest absolute Gasteiger partial charge is 0.380 e. The molecule has 3 aromatic rings. The molecule has 0 aliphatic carbocycles. The quantitative estimate of drug-likeness (QED) is 0.545. The number of rotatable bonds is 4. The number of carbonyl (C=O) groups is 2. The van der Waals surface area contributed by atoms with Crippen molar-refractivity contribution in [2.45, 2.75) is 51.6 Å². The van der Waals surface area contributed by atoms with Crippen molar-refractivity contribution in [1.29, 1.82) is 0 Å². The van der Waals surface area contributed by atoms with Crippen molar-refractivity contribution in [3.05, 3.63) is 70.6 Å². The highest BCUT2D eigenvalue weighted by Crippen LogP contribution is 2.48. The zero-order valence-electron chi connectivity index (χ0n) is 23.3. The molecule has 39 heavy (non-hydrogen) atoms. The molecular formula is C31H36N3O5+. The van der Waals surface area contributed by atoms with Crippen LogP contribution in [-0.2, 0) is 6.54 Å². The first-order valence-corrected chi connectivity index (χ1v) is 13.8. The zero-order chi connectivity index (χ0) is 27.5. The van der Waals surface area contributed by atoms with E-state index >= 15 is 0 Å². The Morgan fingerprint density at radius 1 is 1.15 bits per heavy atom. The minimum atomic E-state index is -0.438. The molecule has 2 fully saturated rings. The number of urea groups is 1. The molecule has 0 saturated carbocycles. The van der Waals surface area contributed by atoms with Crippen LogP contribution in [0.15, 0.2) is 52.6 Å². The summed E-state index contributed by atoms with van der Waals surface area (Å²) in [6.45, 7) is 8.48. The Labute approximate surface area is 228 Å². The maximum absolute atomic E-state index is 13.9. The largest absolute Gasteiger partial charge is 0.497 e. The SMILES string of the molecule is CCN1C(=O)N2Cc3cc(OC)cc(OC)c3[C@@H](C)C=C2C12CC[NH+](C(=O)c1oc3ccccc3c1C)CC2. The third kappa shape index (κ3) is 3.76. The van der Waals surface area contributed by atoms with Gasteiger partial charge in [0.2, 0.25) is 5.76 Å². The molecule has 4 heterocycles. The van der Waals surface area contributed by atoms with Crippen molar-refractivity contribution >= 4 is 22.9 Å². The van der Waals surface area contributed by atoms with Crippen LogP contribution in [0.25, 0.3) is 11.0 Å². The average Bonchev–Trinajstić information content (AvgIpc) is 3.32. The van der Waals surface area contributed by atoms with Crippen molar-refractivity contribution in [1.82, 2.24) is 9.80 Å². The molecule has 8 nitrogen and oxygen atoms in total. The highest BCUT2D eigenvalue weighted by atomic mass is 16.5. The molecule has 8 heteroatoms. The van der Waals surface area contributed by atoms with E-state index in [1.54, 1.807) is 14.2 Å². The van der Waals surface area contributed by atoms with E-state index in [9.17, 15) is 9.59 Å². The van der Waals surface area contributed by atoms with Crippen molar-refractivity contribution < 1.29 is 28.4 Å². The molecule has 2 saturated heterocycles. The first kappa shape index (κ1) is 25.5. The lowest BCUT2D eigenvalue weighted by Gasteiger charge is -2.41. The van der Waals surface area contributed by atoms with Gasteiger partial charge in [-0.3, -0.25) is 9.80 Å². The fourth-order valence-electron chi connectivity index (χ4n) is 7.01. The maximum Gasteiger partial charge on any atom is 0.380 e. The Morgan fingerprint density at radius 2 is 1.90 bits per heavy atom. The van der Waals surface area contributed by atoms with Crippen LogP contribution >= 0.6 is 0 Å². The summed E-state index contributed by atoms with van der Waals surface area (Å²) in [6.07, 6.45) is 3.65. The second-order valence-electron chi connectivity index (χ2n) is 10.9. The van der Waals surface area contributed by atoms with Gasteiger partial charge in [0, 0.05) is 53.6 Å². The molecule has 3 aliphatic heterocycles. The number of allylic oxidation sites excluding steroid dienone is 1. The Balaban J connectivity index is 1.32. The van der Waals surface area contributed by atoms with Gasteiger partial charge >= 0.3 is 11.9 Å². The van der Waals surface area contributed by atoms with Gasteiger partial charge in [0.25, 0.3) is 0 Å². The van der Waals surface area contributed by atoms with Crippen LogP contribution < -0.4 is 14.4 Å². The minimum absolute atomic E-state index is 0.00442. The highest BCUT2D eigenvalue weighted by Gasteiger charge is 2.56. The molecule has 0 unspecified atom stereocenters. The predicted molar refractivity (Wildman–Crippen MR) is 147 cm³/mol. The van der Waals surface area contributed by atoms with Gasteiger partial charge in [0.15, 0.2) is 0 Å². The van der Waals surface area contributed by atoms with Crippen LogP contribution in [0.1, 0.15) is 59.9 Å². The van der Waals surface area contributed by atoms with E-state index in [0.29, 0.717) is 50.5 Å². The van der Waals surface area contributed by atoms with Gasteiger partial charge in [-0.05, 0) is 31.5 Å². The van der Waals surface area contributed by atoms with Crippen molar-refractivity contribution in [3.63, 3.8) is 0 Å². The third-order valence-corrected chi connectivity index (χ3v) is 8.96. The molecule has 0 radical (unpaired) electrons. The Kier molecular flexibility index (Phi) is 6.18. The second-order valence-corrected chi connectivity index (χ2v) is 10.9. The van der Waals surface area contributed by atoms with E-state index in [-0.39, 0.29) is 17.9 Å². The Morgan fingerprint density at radius 3 is 2.56 bits per heavy atom. The van der Waals surface area contributed by atoms with Crippen molar-refractivity contribution in [2.24, 2.45) is 0 Å². The molecular weight excluding hydrogens is 494 g/mol. The molecule has 6 rings (SSSR count). The van der Waals surface area contributed by atoms with Crippen molar-refractivity contribution in [3.8, 4) is 11.5 Å². The summed E-state index contributed by atoms with van der Waals surface area (Å²) in [5.74, 6) is 1.97. The van der Waals surface area contributed by atoms with Gasteiger partial charge in [-0.2, -0.15) is 0 Å². The number of amides is 3. The van der Waals surface area contributed by atoms with Gasteiger partial charge in [-0.1, -0.05) is 31.2 Å². The number of ether oxygens (including phenoxy) is 2. The molecule has 2 aromatic carbocycles. The predicted octanol–water partition coefficient (Wildman–Crippen LogP) is 4.27. The maximum atomic E-state index is 13.9. The fourth-order valence-corrected chi connectivity index (χ4v) is 7.01. The number of hydrogen-bond donors (Lipinski definition) is 1. The number of nitrogens with one attached hydrogen (secondary N) is 1. The number of carbonyl (C=O) groups excluding carboxylic acids is 2. The van der Waals surface area contributed by atoms with Crippen LogP contribution in [0, 0.1) is 6.92 Å². The van der Waals surface area contributed by atoms with E-state index in [2.05, 4.69) is 13.0 Å². The van der Waals surface area contributed by atoms with E-state index < -0.39 is 5.54 Å². The first-order chi connectivity index (χ1) is 18.8. The van der Waals surface area contributed by atoms with Crippen molar-refractivity contribution in [2.75, 3.05) is 33.9 Å². The highest BCUT2D eigenvalue weighted by molar-refractivity contribution is 5.94. The summed E-state index contributed by atoms with van der Waals surface area (Å²) in [5, 5.41) is 0.979. The average molecular weight is 531 g/mol. The molecule has 3 aliphatic rings. The number of hydrogen-bond acceptors (Lipinski definition) is 5. The summed E-state index contributed by atoms with van der Waals surface area (Å²) < 4.78 is 17.3. The van der Waals surface area contributed by atoms with Gasteiger partial charge < -0.3 is 18.8 Å². The van der Waals surface area contributed by atoms with Gasteiger partial charge in [0.1, 0.15) is 17.1 Å². The topological polar surface area (TPSA) is 76.7 Å². The summed E-state index contributed by atoms with van der Waals surface area (Å²) in [7, 11) is 3.32. The number of piperidine rings is 1. The molecule has 1 aromatic heterocycles. The molecule has 3 amide bonds. The van der Waals surface area contributed by atoms with Gasteiger partial charge in [-0.25, -0.2) is 9.59 Å². The number of likely N-dealkylation sites (N-methyl/N-ethyl adjacent to an activating group) is 1. The number of likely N-dealkylation sites (tertiary alicyclic amines) is 1. The summed E-state index contributed by atoms with van der Waals surface area (Å²) in [5.41, 5.74) is 4.36. The van der Waals surface area contributed by atoms with E-state index in [4.69, 9.17) is 13.9 Å². The van der Waals surface area contributed by atoms with Crippen LogP contribution in [0.2, 0.25) is 0 Å². The molecule has 1 spiro atoms. The van der Waals surface area contributed by atoms with E-state index in [0.717, 1.165) is 44.0 Å². The summed E-state index contributed by atoms with van der Waals surface area (Å²) in [4.78, 5) is 32.3. The lowest BCUT2D eigenvalue weighted by atomic mass is 9.82. The number of furan rings is 1. The van der Waals surface area contributed by atoms with Crippen LogP contribution in [0.3, 0.4) is 0 Å². The minimum Gasteiger partial charge on any atom is -0.497 e. The van der Waals surface area contributed by atoms with E-state index in [1.807, 2.05) is 60.0 Å². The zero-order valence-corrected chi connectivity index (χ0v) is 23.3. The number of quaternary nitrogens is 1. The van der Waals surface area contributed by atoms with Crippen LogP contribution in [0.4, 0.5) is 4.79 Å². The summed E-state index contributed by atoms with van der Waals surface area (Å²) >= 11 is 0. The molecule has 204 valence electrons. The van der Waals surface area contributed by atoms with E-state index in [1.165, 1.54) is 0 Å². The second kappa shape index (κ2) is 9.45. The lowest BCUT2D eigenvalue weighted by Crippen LogP contribution is -3.16. The Bertz CT molecular complexity index is 1500. The first-order valence-electron chi connectivity index (χ1n) is 13.8. The lowest BCUT2D eigenvalue weighted by molar-refractivity contribution is -0.822. The number of fused-ring (bicyclic) bond motifs is 4. The molecule has 1 atom stereocenters. The standard InChI is InChI=1S/C31H35N3O5/c1-6-34-30(36)33-18-21-16-22(37-4)17-25(38-5)27(21)19(2)15-26(33)31(34)11-13-32(14-12-31)29(35)28-20(3)23-9-7-8-10-24(23)39-28/h7-10,15-17,19H,6,11-14,18H2,1-5H3/p+1/t19-/m0/s1. The number of nitrogens with zero attached hydrogens (tertiary/aromatic N) is 2. The monoisotopic (exact) mass is 530 g/mol. The van der Waals surface area contributed by atoms with Crippen LogP contribution in [0.5, 0.6) is 11.5 Å². The van der Waals surface area contributed by atoms with Gasteiger partial charge in [0.05, 0.1) is 39.4 Å². The third-order valence-electron chi connectivity index (χ3n) is 8.96. The summed E-state index contributed by atoms with van der Waals surface area (Å²) in [6, 6.07) is 11.7. The number of aryl methyl sites for hydroxylation is 1. The number of benzene rings is 2.